The first-order valence-electron chi connectivity index (χ1n) is 4.68. The third-order valence-corrected chi connectivity index (χ3v) is 2.53. The van der Waals surface area contributed by atoms with E-state index in [1.807, 2.05) is 25.8 Å². The van der Waals surface area contributed by atoms with Gasteiger partial charge in [0.15, 0.2) is 0 Å². The molecule has 0 saturated carbocycles. The van der Waals surface area contributed by atoms with E-state index in [4.69, 9.17) is 16.7 Å². The van der Waals surface area contributed by atoms with Gasteiger partial charge in [-0.05, 0) is 32.0 Å². The van der Waals surface area contributed by atoms with Crippen molar-refractivity contribution in [2.45, 2.75) is 19.9 Å². The predicted molar refractivity (Wildman–Crippen MR) is 62.0 cm³/mol. The van der Waals surface area contributed by atoms with Gasteiger partial charge >= 0.3 is 5.97 Å². The van der Waals surface area contributed by atoms with Crippen molar-refractivity contribution in [3.05, 3.63) is 28.8 Å². The van der Waals surface area contributed by atoms with Crippen molar-refractivity contribution in [2.75, 3.05) is 11.9 Å². The highest BCUT2D eigenvalue weighted by molar-refractivity contribution is 6.31. The van der Waals surface area contributed by atoms with Gasteiger partial charge in [0.1, 0.15) is 0 Å². The van der Waals surface area contributed by atoms with Crippen molar-refractivity contribution in [3.8, 4) is 0 Å². The molecule has 0 aliphatic heterocycles. The van der Waals surface area contributed by atoms with Gasteiger partial charge in [-0.25, -0.2) is 4.79 Å². The third-order valence-electron chi connectivity index (χ3n) is 2.31. The molecule has 0 amide bonds. The number of aromatic carboxylic acids is 1. The number of nitrogens with zero attached hydrogens (tertiary/aromatic N) is 1. The molecule has 0 saturated heterocycles. The normalized spacial score (nSPS) is 10.5. The number of rotatable bonds is 3. The number of halogens is 1. The lowest BCUT2D eigenvalue weighted by molar-refractivity contribution is 0.0697. The standard InChI is InChI=1S/C11H14ClNO2/c1-7(2)13(3)10-5-8(11(14)15)4-9(12)6-10/h4-7H,1-3H3,(H,14,15). The first-order valence-corrected chi connectivity index (χ1v) is 5.06. The smallest absolute Gasteiger partial charge is 0.335 e. The van der Waals surface area contributed by atoms with Gasteiger partial charge in [-0.2, -0.15) is 0 Å². The molecule has 3 nitrogen and oxygen atoms in total. The molecule has 0 aliphatic carbocycles. The fraction of sp³-hybridized carbons (Fsp3) is 0.364. The second-order valence-electron chi connectivity index (χ2n) is 3.71. The lowest BCUT2D eigenvalue weighted by atomic mass is 10.1. The average molecular weight is 228 g/mol. The lowest BCUT2D eigenvalue weighted by Crippen LogP contribution is -2.25. The fourth-order valence-corrected chi connectivity index (χ4v) is 1.43. The van der Waals surface area contributed by atoms with Crippen LogP contribution in [0.5, 0.6) is 0 Å². The molecule has 1 aromatic carbocycles. The Hall–Kier alpha value is -1.22. The van der Waals surface area contributed by atoms with Crippen molar-refractivity contribution < 1.29 is 9.90 Å². The molecule has 0 aliphatic rings. The maximum Gasteiger partial charge on any atom is 0.335 e. The van der Waals surface area contributed by atoms with E-state index in [0.29, 0.717) is 11.1 Å². The van der Waals surface area contributed by atoms with Crippen LogP contribution in [-0.4, -0.2) is 24.2 Å². The maximum absolute atomic E-state index is 10.8. The minimum Gasteiger partial charge on any atom is -0.478 e. The van der Waals surface area contributed by atoms with E-state index in [2.05, 4.69) is 0 Å². The fourth-order valence-electron chi connectivity index (χ4n) is 1.20. The van der Waals surface area contributed by atoms with E-state index >= 15 is 0 Å². The second-order valence-corrected chi connectivity index (χ2v) is 4.14. The van der Waals surface area contributed by atoms with Gasteiger partial charge in [-0.1, -0.05) is 11.6 Å². The lowest BCUT2D eigenvalue weighted by Gasteiger charge is -2.24. The Balaban J connectivity index is 3.14. The molecule has 0 atom stereocenters. The quantitative estimate of drug-likeness (QED) is 0.863. The highest BCUT2D eigenvalue weighted by atomic mass is 35.5. The highest BCUT2D eigenvalue weighted by Gasteiger charge is 2.10. The largest absolute Gasteiger partial charge is 0.478 e. The SMILES string of the molecule is CC(C)N(C)c1cc(Cl)cc(C(=O)O)c1. The highest BCUT2D eigenvalue weighted by Crippen LogP contribution is 2.23. The van der Waals surface area contributed by atoms with Crippen LogP contribution >= 0.6 is 11.6 Å². The van der Waals surface area contributed by atoms with Gasteiger partial charge in [-0.3, -0.25) is 0 Å². The van der Waals surface area contributed by atoms with Gasteiger partial charge < -0.3 is 10.0 Å². The Morgan fingerprint density at radius 2 is 2.00 bits per heavy atom. The van der Waals surface area contributed by atoms with Crippen LogP contribution in [0.1, 0.15) is 24.2 Å². The van der Waals surface area contributed by atoms with E-state index in [0.717, 1.165) is 5.69 Å². The van der Waals surface area contributed by atoms with E-state index in [9.17, 15) is 4.79 Å². The predicted octanol–water partition coefficient (Wildman–Crippen LogP) is 2.88. The van der Waals surface area contributed by atoms with Gasteiger partial charge in [-0.15, -0.1) is 0 Å². The number of hydrogen-bond acceptors (Lipinski definition) is 2. The third kappa shape index (κ3) is 2.86. The molecule has 0 fully saturated rings. The molecular formula is C11H14ClNO2. The first-order chi connectivity index (χ1) is 6.91. The van der Waals surface area contributed by atoms with Gasteiger partial charge in [0.25, 0.3) is 0 Å². The van der Waals surface area contributed by atoms with Crippen LogP contribution in [0.4, 0.5) is 5.69 Å². The Kier molecular flexibility index (Phi) is 3.58. The molecule has 15 heavy (non-hydrogen) atoms. The molecule has 0 bridgehead atoms. The van der Waals surface area contributed by atoms with Crippen LogP contribution in [0.3, 0.4) is 0 Å². The first kappa shape index (κ1) is 11.9. The van der Waals surface area contributed by atoms with Crippen molar-refractivity contribution >= 4 is 23.3 Å². The van der Waals surface area contributed by atoms with Crippen molar-refractivity contribution in [1.82, 2.24) is 0 Å². The summed E-state index contributed by atoms with van der Waals surface area (Å²) in [6.45, 7) is 4.06. The van der Waals surface area contributed by atoms with Crippen LogP contribution in [0.25, 0.3) is 0 Å². The maximum atomic E-state index is 10.8. The number of carboxylic acid groups (broad SMARTS) is 1. The molecule has 1 aromatic rings. The molecule has 0 heterocycles. The minimum atomic E-state index is -0.962. The van der Waals surface area contributed by atoms with Gasteiger partial charge in [0.2, 0.25) is 0 Å². The van der Waals surface area contributed by atoms with Crippen molar-refractivity contribution in [2.24, 2.45) is 0 Å². The Morgan fingerprint density at radius 1 is 1.40 bits per heavy atom. The summed E-state index contributed by atoms with van der Waals surface area (Å²) in [7, 11) is 1.90. The zero-order chi connectivity index (χ0) is 11.6. The molecule has 0 radical (unpaired) electrons. The van der Waals surface area contributed by atoms with E-state index < -0.39 is 5.97 Å². The van der Waals surface area contributed by atoms with E-state index in [1.54, 1.807) is 12.1 Å². The van der Waals surface area contributed by atoms with E-state index in [-0.39, 0.29) is 5.56 Å². The van der Waals surface area contributed by atoms with Crippen molar-refractivity contribution in [1.29, 1.82) is 0 Å². The molecule has 4 heteroatoms. The van der Waals surface area contributed by atoms with Crippen LogP contribution in [0.2, 0.25) is 5.02 Å². The van der Waals surface area contributed by atoms with Crippen LogP contribution in [-0.2, 0) is 0 Å². The van der Waals surface area contributed by atoms with Gasteiger partial charge in [0.05, 0.1) is 5.56 Å². The number of carbonyl (C=O) groups is 1. The minimum absolute atomic E-state index is 0.213. The van der Waals surface area contributed by atoms with Crippen molar-refractivity contribution in [3.63, 3.8) is 0 Å². The molecule has 0 unspecified atom stereocenters. The molecule has 0 aromatic heterocycles. The zero-order valence-electron chi connectivity index (χ0n) is 8.99. The second kappa shape index (κ2) is 4.53. The summed E-state index contributed by atoms with van der Waals surface area (Å²) in [6, 6.07) is 5.12. The number of anilines is 1. The molecule has 82 valence electrons. The molecule has 0 spiro atoms. The molecule has 1 rings (SSSR count). The summed E-state index contributed by atoms with van der Waals surface area (Å²) in [5, 5.41) is 9.32. The Morgan fingerprint density at radius 3 is 2.47 bits per heavy atom. The Labute approximate surface area is 94.3 Å². The summed E-state index contributed by atoms with van der Waals surface area (Å²) >= 11 is 5.85. The summed E-state index contributed by atoms with van der Waals surface area (Å²) in [6.07, 6.45) is 0. The number of benzene rings is 1. The van der Waals surface area contributed by atoms with Crippen LogP contribution in [0, 0.1) is 0 Å². The van der Waals surface area contributed by atoms with Gasteiger partial charge in [0, 0.05) is 23.8 Å². The summed E-state index contributed by atoms with van der Waals surface area (Å²) < 4.78 is 0. The number of carboxylic acids is 1. The Bertz CT molecular complexity index is 377. The summed E-state index contributed by atoms with van der Waals surface area (Å²) in [4.78, 5) is 12.8. The molecular weight excluding hydrogens is 214 g/mol. The van der Waals surface area contributed by atoms with Crippen LogP contribution in [0.15, 0.2) is 18.2 Å². The summed E-state index contributed by atoms with van der Waals surface area (Å²) in [5.41, 5.74) is 1.03. The number of hydrogen-bond donors (Lipinski definition) is 1. The monoisotopic (exact) mass is 227 g/mol. The topological polar surface area (TPSA) is 40.5 Å². The summed E-state index contributed by atoms with van der Waals surface area (Å²) in [5.74, 6) is -0.962. The van der Waals surface area contributed by atoms with E-state index in [1.165, 1.54) is 6.07 Å². The average Bonchev–Trinajstić information content (AvgIpc) is 2.15. The zero-order valence-corrected chi connectivity index (χ0v) is 9.75. The van der Waals surface area contributed by atoms with Crippen LogP contribution < -0.4 is 4.90 Å². The molecule has 1 N–H and O–H groups in total.